The van der Waals surface area contributed by atoms with Crippen LogP contribution in [0.2, 0.25) is 10.3 Å². The maximum Gasteiger partial charge on any atom is 0.223 e. The molecule has 0 amide bonds. The van der Waals surface area contributed by atoms with Crippen molar-refractivity contribution in [2.45, 2.75) is 0 Å². The summed E-state index contributed by atoms with van der Waals surface area (Å²) in [5.74, 6) is 0. The first kappa shape index (κ1) is 11.5. The van der Waals surface area contributed by atoms with Gasteiger partial charge in [-0.05, 0) is 29.8 Å². The Morgan fingerprint density at radius 1 is 0.778 bits per heavy atom. The molecule has 0 fully saturated rings. The number of rotatable bonds is 1. The minimum Gasteiger partial charge on any atom is -0.218 e. The van der Waals surface area contributed by atoms with Gasteiger partial charge in [-0.15, -0.1) is 0 Å². The molecule has 0 atom stereocenters. The molecule has 2 nitrogen and oxygen atoms in total. The Hall–Kier alpha value is -1.64. The molecule has 3 aromatic rings. The van der Waals surface area contributed by atoms with Gasteiger partial charge in [-0.2, -0.15) is 0 Å². The first-order chi connectivity index (χ1) is 8.74. The van der Waals surface area contributed by atoms with Crippen LogP contribution < -0.4 is 0 Å². The summed E-state index contributed by atoms with van der Waals surface area (Å²) >= 11 is 11.8. The maximum atomic E-state index is 5.96. The molecule has 0 bridgehead atoms. The normalized spacial score (nSPS) is 10.8. The fraction of sp³-hybridized carbons (Fsp3) is 0. The molecule has 0 aliphatic rings. The van der Waals surface area contributed by atoms with Gasteiger partial charge in [0.2, 0.25) is 5.28 Å². The van der Waals surface area contributed by atoms with Gasteiger partial charge in [0.25, 0.3) is 0 Å². The number of nitrogens with zero attached hydrogens (tertiary/aromatic N) is 2. The zero-order chi connectivity index (χ0) is 12.5. The van der Waals surface area contributed by atoms with Crippen LogP contribution >= 0.6 is 23.2 Å². The number of aromatic nitrogens is 2. The largest absolute Gasteiger partial charge is 0.223 e. The minimum absolute atomic E-state index is 0.249. The Morgan fingerprint density at radius 3 is 2.28 bits per heavy atom. The third kappa shape index (κ3) is 2.05. The average Bonchev–Trinajstić information content (AvgIpc) is 2.38. The fourth-order valence-electron chi connectivity index (χ4n) is 1.88. The van der Waals surface area contributed by atoms with Crippen molar-refractivity contribution in [2.75, 3.05) is 0 Å². The highest BCUT2D eigenvalue weighted by Crippen LogP contribution is 2.27. The van der Waals surface area contributed by atoms with Crippen LogP contribution in [0.15, 0.2) is 48.5 Å². The molecule has 3 rings (SSSR count). The Balaban J connectivity index is 2.31. The number of halogens is 2. The van der Waals surface area contributed by atoms with Crippen LogP contribution in [0.4, 0.5) is 0 Å². The molecule has 18 heavy (non-hydrogen) atoms. The highest BCUT2D eigenvalue weighted by molar-refractivity contribution is 6.30. The van der Waals surface area contributed by atoms with Crippen LogP contribution in [-0.2, 0) is 0 Å². The minimum atomic E-state index is 0.249. The second kappa shape index (κ2) is 4.56. The zero-order valence-electron chi connectivity index (χ0n) is 9.27. The topological polar surface area (TPSA) is 25.8 Å². The van der Waals surface area contributed by atoms with Crippen molar-refractivity contribution in [2.24, 2.45) is 0 Å². The van der Waals surface area contributed by atoms with Crippen molar-refractivity contribution in [3.05, 3.63) is 58.8 Å². The van der Waals surface area contributed by atoms with Crippen LogP contribution in [0, 0.1) is 0 Å². The summed E-state index contributed by atoms with van der Waals surface area (Å²) in [7, 11) is 0. The number of para-hydroxylation sites is 1. The summed E-state index contributed by atoms with van der Waals surface area (Å²) in [6.07, 6.45) is 0. The van der Waals surface area contributed by atoms with E-state index in [-0.39, 0.29) is 5.28 Å². The standard InChI is InChI=1S/C14H8Cl2N2/c15-10-7-5-9(6-8-10)13-11-3-1-2-4-12(11)17-14(16)18-13/h1-8H. The van der Waals surface area contributed by atoms with E-state index in [1.165, 1.54) is 0 Å². The lowest BCUT2D eigenvalue weighted by molar-refractivity contribution is 1.22. The van der Waals surface area contributed by atoms with Gasteiger partial charge in [0.05, 0.1) is 11.2 Å². The van der Waals surface area contributed by atoms with Crippen LogP contribution in [0.1, 0.15) is 0 Å². The van der Waals surface area contributed by atoms with Crippen molar-refractivity contribution in [1.82, 2.24) is 9.97 Å². The van der Waals surface area contributed by atoms with Gasteiger partial charge in [0.1, 0.15) is 0 Å². The molecule has 0 saturated heterocycles. The Kier molecular flexibility index (Phi) is 2.90. The SMILES string of the molecule is Clc1ccc(-c2nc(Cl)nc3ccccc23)cc1. The van der Waals surface area contributed by atoms with E-state index in [9.17, 15) is 0 Å². The predicted molar refractivity (Wildman–Crippen MR) is 75.0 cm³/mol. The molecule has 0 N–H and O–H groups in total. The molecule has 1 heterocycles. The van der Waals surface area contributed by atoms with Gasteiger partial charge in [-0.25, -0.2) is 9.97 Å². The molecule has 0 radical (unpaired) electrons. The van der Waals surface area contributed by atoms with Crippen molar-refractivity contribution in [3.8, 4) is 11.3 Å². The van der Waals surface area contributed by atoms with E-state index in [1.54, 1.807) is 0 Å². The van der Waals surface area contributed by atoms with Gasteiger partial charge in [-0.1, -0.05) is 41.9 Å². The number of hydrogen-bond donors (Lipinski definition) is 0. The van der Waals surface area contributed by atoms with E-state index < -0.39 is 0 Å². The summed E-state index contributed by atoms with van der Waals surface area (Å²) in [6.45, 7) is 0. The van der Waals surface area contributed by atoms with Crippen LogP contribution in [0.25, 0.3) is 22.2 Å². The lowest BCUT2D eigenvalue weighted by Gasteiger charge is -2.06. The molecule has 88 valence electrons. The van der Waals surface area contributed by atoms with E-state index in [0.717, 1.165) is 22.2 Å². The van der Waals surface area contributed by atoms with E-state index in [2.05, 4.69) is 9.97 Å². The van der Waals surface area contributed by atoms with Gasteiger partial charge in [0.15, 0.2) is 0 Å². The first-order valence-corrected chi connectivity index (χ1v) is 6.18. The van der Waals surface area contributed by atoms with E-state index in [1.807, 2.05) is 48.5 Å². The molecule has 0 aliphatic heterocycles. The number of fused-ring (bicyclic) bond motifs is 1. The molecule has 0 unspecified atom stereocenters. The Morgan fingerprint density at radius 2 is 1.50 bits per heavy atom. The summed E-state index contributed by atoms with van der Waals surface area (Å²) in [5.41, 5.74) is 2.63. The second-order valence-corrected chi connectivity index (χ2v) is 4.64. The second-order valence-electron chi connectivity index (χ2n) is 3.87. The molecule has 0 spiro atoms. The van der Waals surface area contributed by atoms with E-state index in [0.29, 0.717) is 5.02 Å². The molecule has 0 saturated carbocycles. The van der Waals surface area contributed by atoms with Gasteiger partial charge in [-0.3, -0.25) is 0 Å². The van der Waals surface area contributed by atoms with E-state index in [4.69, 9.17) is 23.2 Å². The molecule has 4 heteroatoms. The first-order valence-electron chi connectivity index (χ1n) is 5.42. The third-order valence-electron chi connectivity index (χ3n) is 2.69. The smallest absolute Gasteiger partial charge is 0.218 e. The lowest BCUT2D eigenvalue weighted by atomic mass is 10.1. The van der Waals surface area contributed by atoms with E-state index >= 15 is 0 Å². The van der Waals surface area contributed by atoms with Crippen molar-refractivity contribution >= 4 is 34.1 Å². The fourth-order valence-corrected chi connectivity index (χ4v) is 2.18. The maximum absolute atomic E-state index is 5.96. The monoisotopic (exact) mass is 274 g/mol. The molecule has 2 aromatic carbocycles. The van der Waals surface area contributed by atoms with Gasteiger partial charge in [0, 0.05) is 16.0 Å². The van der Waals surface area contributed by atoms with Crippen LogP contribution in [0.3, 0.4) is 0 Å². The summed E-state index contributed by atoms with van der Waals surface area (Å²) in [5, 5.41) is 1.92. The molecule has 1 aromatic heterocycles. The molecular formula is C14H8Cl2N2. The number of hydrogen-bond acceptors (Lipinski definition) is 2. The van der Waals surface area contributed by atoms with Crippen molar-refractivity contribution in [1.29, 1.82) is 0 Å². The van der Waals surface area contributed by atoms with Crippen LogP contribution in [-0.4, -0.2) is 9.97 Å². The average molecular weight is 275 g/mol. The summed E-state index contributed by atoms with van der Waals surface area (Å²) < 4.78 is 0. The Bertz CT molecular complexity index is 709. The van der Waals surface area contributed by atoms with Gasteiger partial charge >= 0.3 is 0 Å². The molecule has 0 aliphatic carbocycles. The summed E-state index contributed by atoms with van der Waals surface area (Å²) in [4.78, 5) is 8.52. The predicted octanol–water partition coefficient (Wildman–Crippen LogP) is 4.60. The van der Waals surface area contributed by atoms with Crippen molar-refractivity contribution in [3.63, 3.8) is 0 Å². The third-order valence-corrected chi connectivity index (χ3v) is 3.11. The van der Waals surface area contributed by atoms with Crippen LogP contribution in [0.5, 0.6) is 0 Å². The quantitative estimate of drug-likeness (QED) is 0.606. The van der Waals surface area contributed by atoms with Crippen molar-refractivity contribution < 1.29 is 0 Å². The highest BCUT2D eigenvalue weighted by Gasteiger charge is 2.08. The lowest BCUT2D eigenvalue weighted by Crippen LogP contribution is -1.90. The molecular weight excluding hydrogens is 267 g/mol. The highest BCUT2D eigenvalue weighted by atomic mass is 35.5. The summed E-state index contributed by atoms with van der Waals surface area (Å²) in [6, 6.07) is 15.3. The van der Waals surface area contributed by atoms with Gasteiger partial charge < -0.3 is 0 Å². The number of benzene rings is 2. The Labute approximate surface area is 114 Å². The zero-order valence-corrected chi connectivity index (χ0v) is 10.8.